The monoisotopic (exact) mass is 487 g/mol. The molecule has 0 aromatic carbocycles. The number of hydrogen-bond donors (Lipinski definition) is 0. The fourth-order valence-corrected chi connectivity index (χ4v) is 5.85. The molecular formula is C24H33N5O2S2. The Bertz CT molecular complexity index is 1060. The predicted molar refractivity (Wildman–Crippen MR) is 140 cm³/mol. The van der Waals surface area contributed by atoms with Crippen LogP contribution in [0, 0.1) is 18.3 Å². The average molecular weight is 488 g/mol. The molecule has 0 radical (unpaired) electrons. The Morgan fingerprint density at radius 2 is 1.85 bits per heavy atom. The van der Waals surface area contributed by atoms with E-state index in [-0.39, 0.29) is 23.1 Å². The molecule has 0 spiro atoms. The summed E-state index contributed by atoms with van der Waals surface area (Å²) in [7, 11) is 0. The molecule has 3 rings (SSSR count). The Morgan fingerprint density at radius 3 is 2.36 bits per heavy atom. The summed E-state index contributed by atoms with van der Waals surface area (Å²) in [4.78, 5) is 33.2. The highest BCUT2D eigenvalue weighted by molar-refractivity contribution is 8.26. The lowest BCUT2D eigenvalue weighted by Crippen LogP contribution is -2.48. The summed E-state index contributed by atoms with van der Waals surface area (Å²) in [6.07, 6.45) is 3.62. The molecule has 0 bridgehead atoms. The summed E-state index contributed by atoms with van der Waals surface area (Å²) in [5.41, 5.74) is 1.30. The molecule has 2 saturated heterocycles. The minimum Gasteiger partial charge on any atom is -0.355 e. The third kappa shape index (κ3) is 5.03. The van der Waals surface area contributed by atoms with Crippen molar-refractivity contribution < 1.29 is 4.79 Å². The van der Waals surface area contributed by atoms with Gasteiger partial charge in [0.2, 0.25) is 0 Å². The van der Waals surface area contributed by atoms with E-state index in [1.54, 1.807) is 9.47 Å². The van der Waals surface area contributed by atoms with Gasteiger partial charge in [-0.25, -0.2) is 0 Å². The van der Waals surface area contributed by atoms with Crippen LogP contribution in [0.2, 0.25) is 0 Å². The van der Waals surface area contributed by atoms with E-state index in [1.807, 2.05) is 26.8 Å². The molecule has 1 aromatic rings. The summed E-state index contributed by atoms with van der Waals surface area (Å²) < 4.78 is 2.29. The number of likely N-dealkylation sites (N-methyl/N-ethyl adjacent to an activating group) is 1. The fraction of sp³-hybridized carbons (Fsp3) is 0.583. The van der Waals surface area contributed by atoms with Gasteiger partial charge in [-0.15, -0.1) is 0 Å². The van der Waals surface area contributed by atoms with Crippen LogP contribution >= 0.6 is 24.0 Å². The van der Waals surface area contributed by atoms with Crippen molar-refractivity contribution in [3.63, 3.8) is 0 Å². The van der Waals surface area contributed by atoms with Crippen molar-refractivity contribution in [2.24, 2.45) is 0 Å². The summed E-state index contributed by atoms with van der Waals surface area (Å²) in [6.45, 7) is 14.9. The van der Waals surface area contributed by atoms with Gasteiger partial charge in [-0.1, -0.05) is 44.2 Å². The van der Waals surface area contributed by atoms with Gasteiger partial charge in [-0.2, -0.15) is 5.26 Å². The second kappa shape index (κ2) is 10.9. The van der Waals surface area contributed by atoms with Crippen LogP contribution in [0.15, 0.2) is 9.70 Å². The van der Waals surface area contributed by atoms with Gasteiger partial charge >= 0.3 is 0 Å². The molecule has 0 unspecified atom stereocenters. The van der Waals surface area contributed by atoms with Crippen molar-refractivity contribution in [3.8, 4) is 6.07 Å². The quantitative estimate of drug-likeness (QED) is 0.430. The molecule has 2 fully saturated rings. The number of thiocarbonyl (C=S) groups is 1. The number of nitrogens with zero attached hydrogens (tertiary/aromatic N) is 5. The third-order valence-electron chi connectivity index (χ3n) is 6.32. The van der Waals surface area contributed by atoms with E-state index in [2.05, 4.69) is 29.7 Å². The molecule has 7 nitrogen and oxygen atoms in total. The van der Waals surface area contributed by atoms with Gasteiger partial charge in [0.15, 0.2) is 0 Å². The van der Waals surface area contributed by atoms with E-state index in [0.29, 0.717) is 21.3 Å². The SMILES string of the molecule is CCCCn1c(N2CCN(CC)CC2)c(/C=C2\SC(=S)N(C(C)C)C2=O)c(C)c(C#N)c1=O. The summed E-state index contributed by atoms with van der Waals surface area (Å²) >= 11 is 6.75. The number of unbranched alkanes of at least 4 members (excludes halogenated alkanes) is 1. The van der Waals surface area contributed by atoms with Gasteiger partial charge in [0.1, 0.15) is 21.8 Å². The Morgan fingerprint density at radius 1 is 1.18 bits per heavy atom. The maximum absolute atomic E-state index is 13.3. The average Bonchev–Trinajstić information content (AvgIpc) is 3.08. The van der Waals surface area contributed by atoms with Crippen LogP contribution < -0.4 is 10.5 Å². The number of carbonyl (C=O) groups excluding carboxylic acids is 1. The predicted octanol–water partition coefficient (Wildman–Crippen LogP) is 3.58. The minimum absolute atomic E-state index is 0.0285. The molecule has 0 aliphatic carbocycles. The zero-order valence-corrected chi connectivity index (χ0v) is 21.8. The molecule has 2 aliphatic rings. The smallest absolute Gasteiger partial charge is 0.270 e. The number of thioether (sulfide) groups is 1. The van der Waals surface area contributed by atoms with E-state index in [0.717, 1.165) is 56.9 Å². The highest BCUT2D eigenvalue weighted by Gasteiger charge is 2.35. The van der Waals surface area contributed by atoms with E-state index in [1.165, 1.54) is 11.8 Å². The van der Waals surface area contributed by atoms with Crippen LogP contribution in [0.25, 0.3) is 6.08 Å². The lowest BCUT2D eigenvalue weighted by Gasteiger charge is -2.37. The van der Waals surface area contributed by atoms with Crippen molar-refractivity contribution in [2.75, 3.05) is 37.6 Å². The van der Waals surface area contributed by atoms with Crippen LogP contribution in [0.3, 0.4) is 0 Å². The third-order valence-corrected chi connectivity index (χ3v) is 7.65. The standard InChI is InChI=1S/C24H33N5O2S2/c1-6-8-9-28-21(27-12-10-26(7-2)11-13-27)18(17(5)19(15-25)22(28)30)14-20-23(31)29(16(3)4)24(32)33-20/h14,16H,6-13H2,1-5H3/b20-14-. The summed E-state index contributed by atoms with van der Waals surface area (Å²) in [5.74, 6) is 0.696. The highest BCUT2D eigenvalue weighted by Crippen LogP contribution is 2.37. The number of aromatic nitrogens is 1. The Kier molecular flexibility index (Phi) is 8.38. The van der Waals surface area contributed by atoms with Crippen LogP contribution in [0.4, 0.5) is 5.82 Å². The van der Waals surface area contributed by atoms with Crippen molar-refractivity contribution in [1.82, 2.24) is 14.4 Å². The molecule has 9 heteroatoms. The van der Waals surface area contributed by atoms with Gasteiger partial charge in [0.05, 0.1) is 4.91 Å². The molecule has 1 amide bonds. The summed E-state index contributed by atoms with van der Waals surface area (Å²) in [5, 5.41) is 9.81. The number of hydrogen-bond acceptors (Lipinski definition) is 7. The maximum Gasteiger partial charge on any atom is 0.270 e. The topological polar surface area (TPSA) is 72.6 Å². The number of carbonyl (C=O) groups is 1. The van der Waals surface area contributed by atoms with Crippen molar-refractivity contribution in [3.05, 3.63) is 31.9 Å². The molecule has 0 N–H and O–H groups in total. The van der Waals surface area contributed by atoms with Crippen LogP contribution in [0.5, 0.6) is 0 Å². The Balaban J connectivity index is 2.21. The van der Waals surface area contributed by atoms with E-state index >= 15 is 0 Å². The number of nitriles is 1. The van der Waals surface area contributed by atoms with Gasteiger partial charge < -0.3 is 9.80 Å². The van der Waals surface area contributed by atoms with E-state index in [4.69, 9.17) is 12.2 Å². The van der Waals surface area contributed by atoms with Gasteiger partial charge in [0, 0.05) is 44.3 Å². The molecule has 3 heterocycles. The number of rotatable bonds is 7. The molecular weight excluding hydrogens is 454 g/mol. The first-order valence-electron chi connectivity index (χ1n) is 11.7. The van der Waals surface area contributed by atoms with E-state index in [9.17, 15) is 14.9 Å². The van der Waals surface area contributed by atoms with E-state index < -0.39 is 0 Å². The first-order valence-corrected chi connectivity index (χ1v) is 12.9. The normalized spacial score (nSPS) is 18.6. The van der Waals surface area contributed by atoms with Gasteiger partial charge in [-0.05, 0) is 45.4 Å². The molecule has 0 atom stereocenters. The highest BCUT2D eigenvalue weighted by atomic mass is 32.2. The number of piperazine rings is 1. The molecule has 33 heavy (non-hydrogen) atoms. The summed E-state index contributed by atoms with van der Waals surface area (Å²) in [6, 6.07) is 2.09. The lowest BCUT2D eigenvalue weighted by molar-refractivity contribution is -0.123. The Labute approximate surface area is 206 Å². The van der Waals surface area contributed by atoms with Crippen LogP contribution in [-0.4, -0.2) is 63.4 Å². The fourth-order valence-electron chi connectivity index (χ4n) is 4.34. The van der Waals surface area contributed by atoms with Crippen LogP contribution in [0.1, 0.15) is 57.2 Å². The largest absolute Gasteiger partial charge is 0.355 e. The number of amides is 1. The second-order valence-corrected chi connectivity index (χ2v) is 10.4. The first kappa shape index (κ1) is 25.5. The zero-order chi connectivity index (χ0) is 24.3. The Hall–Kier alpha value is -2.15. The van der Waals surface area contributed by atoms with Crippen LogP contribution in [-0.2, 0) is 11.3 Å². The maximum atomic E-state index is 13.3. The van der Waals surface area contributed by atoms with Gasteiger partial charge in [0.25, 0.3) is 11.5 Å². The molecule has 178 valence electrons. The van der Waals surface area contributed by atoms with Gasteiger partial charge in [-0.3, -0.25) is 19.1 Å². The lowest BCUT2D eigenvalue weighted by atomic mass is 10.0. The minimum atomic E-state index is -0.247. The van der Waals surface area contributed by atoms with Crippen molar-refractivity contribution >= 4 is 46.1 Å². The molecule has 2 aliphatic heterocycles. The molecule has 0 saturated carbocycles. The van der Waals surface area contributed by atoms with Crippen molar-refractivity contribution in [1.29, 1.82) is 5.26 Å². The molecule has 1 aromatic heterocycles. The number of anilines is 1. The first-order chi connectivity index (χ1) is 15.7. The second-order valence-electron chi connectivity index (χ2n) is 8.73. The number of pyridine rings is 1. The van der Waals surface area contributed by atoms with Crippen molar-refractivity contribution in [2.45, 2.75) is 60.0 Å². The zero-order valence-electron chi connectivity index (χ0n) is 20.2.